The van der Waals surface area contributed by atoms with Gasteiger partial charge in [-0.05, 0) is 51.4 Å². The van der Waals surface area contributed by atoms with Crippen molar-refractivity contribution in [2.24, 2.45) is 0 Å². The number of phenolic OH excluding ortho intramolecular Hbond substituents is 1. The van der Waals surface area contributed by atoms with Gasteiger partial charge in [-0.15, -0.1) is 0 Å². The summed E-state index contributed by atoms with van der Waals surface area (Å²) in [6.45, 7) is 6.68. The van der Waals surface area contributed by atoms with Gasteiger partial charge in [0.1, 0.15) is 0 Å². The van der Waals surface area contributed by atoms with E-state index in [4.69, 9.17) is 4.74 Å². The van der Waals surface area contributed by atoms with Crippen molar-refractivity contribution in [3.8, 4) is 11.5 Å². The summed E-state index contributed by atoms with van der Waals surface area (Å²) in [4.78, 5) is 2.49. The average Bonchev–Trinajstić information content (AvgIpc) is 2.48. The maximum atomic E-state index is 9.68. The van der Waals surface area contributed by atoms with Crippen LogP contribution in [0.4, 0.5) is 0 Å². The Morgan fingerprint density at radius 3 is 2.55 bits per heavy atom. The van der Waals surface area contributed by atoms with Crippen LogP contribution in [-0.2, 0) is 0 Å². The van der Waals surface area contributed by atoms with E-state index in [1.54, 1.807) is 13.2 Å². The van der Waals surface area contributed by atoms with E-state index in [2.05, 4.69) is 24.1 Å². The predicted octanol–water partition coefficient (Wildman–Crippen LogP) is 2.54. The van der Waals surface area contributed by atoms with Gasteiger partial charge in [-0.25, -0.2) is 0 Å². The minimum Gasteiger partial charge on any atom is -0.504 e. The largest absolute Gasteiger partial charge is 0.504 e. The molecule has 1 aliphatic rings. The first-order valence-corrected chi connectivity index (χ1v) is 7.29. The van der Waals surface area contributed by atoms with Crippen LogP contribution < -0.4 is 10.1 Å². The number of likely N-dealkylation sites (tertiary alicyclic amines) is 1. The number of piperidine rings is 1. The maximum Gasteiger partial charge on any atom is 0.160 e. The van der Waals surface area contributed by atoms with Crippen molar-refractivity contribution in [1.29, 1.82) is 0 Å². The number of ether oxygens (including phenoxy) is 1. The molecule has 112 valence electrons. The second-order valence-corrected chi connectivity index (χ2v) is 5.95. The van der Waals surface area contributed by atoms with Gasteiger partial charge in [0.05, 0.1) is 7.11 Å². The molecule has 1 aromatic rings. The minimum absolute atomic E-state index is 0.199. The van der Waals surface area contributed by atoms with E-state index in [1.165, 1.54) is 5.56 Å². The number of aromatic hydroxyl groups is 1. The molecule has 1 atom stereocenters. The predicted molar refractivity (Wildman–Crippen MR) is 81.3 cm³/mol. The van der Waals surface area contributed by atoms with Crippen LogP contribution in [-0.4, -0.2) is 42.8 Å². The highest BCUT2D eigenvalue weighted by atomic mass is 16.5. The molecule has 2 N–H and O–H groups in total. The topological polar surface area (TPSA) is 44.7 Å². The number of nitrogens with one attached hydrogen (secondary N) is 1. The first-order chi connectivity index (χ1) is 9.49. The molecule has 0 aromatic heterocycles. The molecule has 0 amide bonds. The molecule has 1 aliphatic heterocycles. The molecule has 0 bridgehead atoms. The molecule has 4 heteroatoms. The zero-order valence-corrected chi connectivity index (χ0v) is 12.9. The molecular weight excluding hydrogens is 252 g/mol. The number of nitrogens with zero attached hydrogens (tertiary/aromatic N) is 1. The Kier molecular flexibility index (Phi) is 4.55. The van der Waals surface area contributed by atoms with E-state index < -0.39 is 0 Å². The minimum atomic E-state index is 0.199. The number of rotatable bonds is 4. The third-order valence-electron chi connectivity index (χ3n) is 4.74. The Hall–Kier alpha value is -1.26. The van der Waals surface area contributed by atoms with E-state index in [0.29, 0.717) is 11.8 Å². The summed E-state index contributed by atoms with van der Waals surface area (Å²) in [6.07, 6.45) is 2.31. The summed E-state index contributed by atoms with van der Waals surface area (Å²) in [5.74, 6) is 0.747. The molecule has 1 aromatic carbocycles. The first-order valence-electron chi connectivity index (χ1n) is 7.29. The summed E-state index contributed by atoms with van der Waals surface area (Å²) in [6, 6.07) is 5.97. The summed E-state index contributed by atoms with van der Waals surface area (Å²) in [5, 5.41) is 13.1. The zero-order valence-electron chi connectivity index (χ0n) is 12.9. The zero-order chi connectivity index (χ0) is 14.8. The van der Waals surface area contributed by atoms with Crippen LogP contribution in [0.1, 0.15) is 38.3 Å². The molecule has 2 rings (SSSR count). The molecule has 0 aliphatic carbocycles. The Balaban J connectivity index is 2.07. The van der Waals surface area contributed by atoms with Crippen molar-refractivity contribution in [2.75, 3.05) is 27.2 Å². The summed E-state index contributed by atoms with van der Waals surface area (Å²) < 4.78 is 5.20. The van der Waals surface area contributed by atoms with Crippen LogP contribution in [0.3, 0.4) is 0 Å². The van der Waals surface area contributed by atoms with Crippen LogP contribution >= 0.6 is 0 Å². The molecule has 0 saturated carbocycles. The lowest BCUT2D eigenvalue weighted by Crippen LogP contribution is -2.50. The number of methoxy groups -OCH3 is 1. The fourth-order valence-corrected chi connectivity index (χ4v) is 2.82. The Morgan fingerprint density at radius 2 is 2.00 bits per heavy atom. The van der Waals surface area contributed by atoms with Crippen LogP contribution in [0, 0.1) is 0 Å². The smallest absolute Gasteiger partial charge is 0.160 e. The monoisotopic (exact) mass is 278 g/mol. The van der Waals surface area contributed by atoms with Crippen LogP contribution in [0.15, 0.2) is 18.2 Å². The van der Waals surface area contributed by atoms with E-state index >= 15 is 0 Å². The number of hydrogen-bond donors (Lipinski definition) is 2. The highest BCUT2D eigenvalue weighted by molar-refractivity contribution is 5.42. The van der Waals surface area contributed by atoms with Gasteiger partial charge < -0.3 is 15.2 Å². The van der Waals surface area contributed by atoms with Crippen molar-refractivity contribution in [1.82, 2.24) is 10.2 Å². The van der Waals surface area contributed by atoms with Gasteiger partial charge in [0, 0.05) is 24.7 Å². The molecule has 1 unspecified atom stereocenters. The SMILES string of the molecule is CNC1(C)CCN(C(C)c2ccc(O)c(OC)c2)CC1. The van der Waals surface area contributed by atoms with Crippen molar-refractivity contribution in [3.63, 3.8) is 0 Å². The van der Waals surface area contributed by atoms with Gasteiger partial charge in [-0.1, -0.05) is 6.07 Å². The third kappa shape index (κ3) is 3.07. The normalized spacial score (nSPS) is 20.6. The summed E-state index contributed by atoms with van der Waals surface area (Å²) in [7, 11) is 3.63. The van der Waals surface area contributed by atoms with E-state index in [0.717, 1.165) is 25.9 Å². The van der Waals surface area contributed by atoms with Crippen molar-refractivity contribution >= 4 is 0 Å². The maximum absolute atomic E-state index is 9.68. The van der Waals surface area contributed by atoms with Gasteiger partial charge in [-0.3, -0.25) is 4.90 Å². The first kappa shape index (κ1) is 15.1. The van der Waals surface area contributed by atoms with E-state index in [9.17, 15) is 5.11 Å². The van der Waals surface area contributed by atoms with Gasteiger partial charge in [0.25, 0.3) is 0 Å². The van der Waals surface area contributed by atoms with Crippen LogP contribution in [0.2, 0.25) is 0 Å². The van der Waals surface area contributed by atoms with Crippen molar-refractivity contribution < 1.29 is 9.84 Å². The molecule has 4 nitrogen and oxygen atoms in total. The second kappa shape index (κ2) is 6.02. The fourth-order valence-electron chi connectivity index (χ4n) is 2.82. The fraction of sp³-hybridized carbons (Fsp3) is 0.625. The summed E-state index contributed by atoms with van der Waals surface area (Å²) >= 11 is 0. The molecule has 1 saturated heterocycles. The van der Waals surface area contributed by atoms with Gasteiger partial charge in [-0.2, -0.15) is 0 Å². The van der Waals surface area contributed by atoms with Crippen LogP contribution in [0.25, 0.3) is 0 Å². The van der Waals surface area contributed by atoms with Gasteiger partial charge >= 0.3 is 0 Å². The molecule has 20 heavy (non-hydrogen) atoms. The molecule has 1 fully saturated rings. The van der Waals surface area contributed by atoms with Gasteiger partial charge in [0.2, 0.25) is 0 Å². The Labute approximate surface area is 121 Å². The van der Waals surface area contributed by atoms with Gasteiger partial charge in [0.15, 0.2) is 11.5 Å². The second-order valence-electron chi connectivity index (χ2n) is 5.95. The standard InChI is InChI=1S/C16H26N2O2/c1-12(13-5-6-14(19)15(11-13)20-4)18-9-7-16(2,17-3)8-10-18/h5-6,11-12,17,19H,7-10H2,1-4H3. The molecule has 0 spiro atoms. The molecule has 0 radical (unpaired) electrons. The lowest BCUT2D eigenvalue weighted by molar-refractivity contribution is 0.117. The highest BCUT2D eigenvalue weighted by Gasteiger charge is 2.30. The quantitative estimate of drug-likeness (QED) is 0.888. The third-order valence-corrected chi connectivity index (χ3v) is 4.74. The number of phenols is 1. The lowest BCUT2D eigenvalue weighted by Gasteiger charge is -2.42. The van der Waals surface area contributed by atoms with Crippen molar-refractivity contribution in [3.05, 3.63) is 23.8 Å². The lowest BCUT2D eigenvalue weighted by atomic mass is 9.88. The number of hydrogen-bond acceptors (Lipinski definition) is 4. The average molecular weight is 278 g/mol. The van der Waals surface area contributed by atoms with E-state index in [1.807, 2.05) is 19.2 Å². The highest BCUT2D eigenvalue weighted by Crippen LogP contribution is 2.33. The molecular formula is C16H26N2O2. The summed E-state index contributed by atoms with van der Waals surface area (Å²) in [5.41, 5.74) is 1.45. The Bertz CT molecular complexity index is 454. The number of benzene rings is 1. The Morgan fingerprint density at radius 1 is 1.35 bits per heavy atom. The van der Waals surface area contributed by atoms with Crippen LogP contribution in [0.5, 0.6) is 11.5 Å². The van der Waals surface area contributed by atoms with Crippen molar-refractivity contribution in [2.45, 2.75) is 38.3 Å². The van der Waals surface area contributed by atoms with E-state index in [-0.39, 0.29) is 11.3 Å². The molecule has 1 heterocycles.